The summed E-state index contributed by atoms with van der Waals surface area (Å²) in [6.07, 6.45) is 3.21. The van der Waals surface area contributed by atoms with Gasteiger partial charge >= 0.3 is 0 Å². The van der Waals surface area contributed by atoms with E-state index in [1.54, 1.807) is 48.8 Å². The lowest BCUT2D eigenvalue weighted by molar-refractivity contribution is -0.384. The summed E-state index contributed by atoms with van der Waals surface area (Å²) in [6.45, 7) is 0.102. The fraction of sp³-hybridized carbons (Fsp3) is 0.105. The van der Waals surface area contributed by atoms with Gasteiger partial charge in [-0.25, -0.2) is 8.42 Å². The molecule has 0 aliphatic rings. The van der Waals surface area contributed by atoms with Crippen molar-refractivity contribution in [3.8, 4) is 0 Å². The quantitative estimate of drug-likeness (QED) is 0.424. The van der Waals surface area contributed by atoms with Crippen LogP contribution in [-0.2, 0) is 22.3 Å². The molecule has 0 aliphatic heterocycles. The number of sulfonamides is 1. The summed E-state index contributed by atoms with van der Waals surface area (Å²) in [7, 11) is -3.78. The van der Waals surface area contributed by atoms with E-state index in [2.05, 4.69) is 4.98 Å². The van der Waals surface area contributed by atoms with Gasteiger partial charge in [0.25, 0.3) is 5.69 Å². The van der Waals surface area contributed by atoms with Gasteiger partial charge in [0, 0.05) is 29.5 Å². The minimum Gasteiger partial charge on any atom is -0.265 e. The first-order chi connectivity index (χ1) is 13.3. The Morgan fingerprint density at radius 2 is 1.68 bits per heavy atom. The summed E-state index contributed by atoms with van der Waals surface area (Å²) in [5.74, 6) is -0.298. The lowest BCUT2D eigenvalue weighted by Gasteiger charge is -2.24. The van der Waals surface area contributed by atoms with Gasteiger partial charge in [-0.15, -0.1) is 0 Å². The molecule has 0 amide bonds. The standard InChI is InChI=1S/C19H16ClN3O4S/c20-17-5-9-18(10-6-17)22(13-16-2-1-11-21-12-16)28(26,27)14-15-3-7-19(8-4-15)23(24)25/h1-12H,13-14H2. The number of pyridine rings is 1. The van der Waals surface area contributed by atoms with E-state index in [9.17, 15) is 18.5 Å². The van der Waals surface area contributed by atoms with Gasteiger partial charge < -0.3 is 0 Å². The summed E-state index contributed by atoms with van der Waals surface area (Å²) in [5.41, 5.74) is 1.56. The monoisotopic (exact) mass is 417 g/mol. The fourth-order valence-corrected chi connectivity index (χ4v) is 4.30. The van der Waals surface area contributed by atoms with Crippen molar-refractivity contribution in [1.29, 1.82) is 0 Å². The molecule has 0 radical (unpaired) electrons. The molecule has 0 atom stereocenters. The highest BCUT2D eigenvalue weighted by atomic mass is 35.5. The van der Waals surface area contributed by atoms with E-state index in [-0.39, 0.29) is 18.0 Å². The fourth-order valence-electron chi connectivity index (χ4n) is 2.62. The van der Waals surface area contributed by atoms with E-state index in [0.29, 0.717) is 16.3 Å². The first kappa shape index (κ1) is 19.8. The van der Waals surface area contributed by atoms with Gasteiger partial charge in [0.15, 0.2) is 0 Å². The van der Waals surface area contributed by atoms with Crippen molar-refractivity contribution >= 4 is 33.0 Å². The van der Waals surface area contributed by atoms with E-state index < -0.39 is 14.9 Å². The third-order valence-corrected chi connectivity index (χ3v) is 5.96. The molecular weight excluding hydrogens is 402 g/mol. The summed E-state index contributed by atoms with van der Waals surface area (Å²) in [5, 5.41) is 11.3. The molecule has 0 unspecified atom stereocenters. The largest absolute Gasteiger partial charge is 0.269 e. The third-order valence-electron chi connectivity index (χ3n) is 4.00. The molecule has 0 N–H and O–H groups in total. The summed E-state index contributed by atoms with van der Waals surface area (Å²) < 4.78 is 27.6. The van der Waals surface area contributed by atoms with Gasteiger partial charge in [-0.2, -0.15) is 0 Å². The molecule has 1 aromatic heterocycles. The number of hydrogen-bond donors (Lipinski definition) is 0. The number of nitro benzene ring substituents is 1. The number of aromatic nitrogens is 1. The zero-order valence-corrected chi connectivity index (χ0v) is 16.2. The molecule has 0 saturated carbocycles. The molecule has 3 aromatic rings. The Labute approximate surface area is 167 Å². The molecular formula is C19H16ClN3O4S. The average molecular weight is 418 g/mol. The second-order valence-electron chi connectivity index (χ2n) is 6.02. The van der Waals surface area contributed by atoms with Gasteiger partial charge in [-0.05, 0) is 41.5 Å². The number of nitro groups is 1. The maximum atomic E-state index is 13.1. The SMILES string of the molecule is O=[N+]([O-])c1ccc(CS(=O)(=O)N(Cc2cccnc2)c2ccc(Cl)cc2)cc1. The minimum atomic E-state index is -3.78. The summed E-state index contributed by atoms with van der Waals surface area (Å²) in [6, 6.07) is 15.5. The zero-order chi connectivity index (χ0) is 20.1. The maximum Gasteiger partial charge on any atom is 0.269 e. The highest BCUT2D eigenvalue weighted by molar-refractivity contribution is 7.92. The van der Waals surface area contributed by atoms with E-state index >= 15 is 0 Å². The van der Waals surface area contributed by atoms with Gasteiger partial charge in [0.1, 0.15) is 0 Å². The van der Waals surface area contributed by atoms with Crippen molar-refractivity contribution in [2.24, 2.45) is 0 Å². The van der Waals surface area contributed by atoms with Crippen LogP contribution in [0.15, 0.2) is 73.1 Å². The van der Waals surface area contributed by atoms with Crippen molar-refractivity contribution < 1.29 is 13.3 Å². The smallest absolute Gasteiger partial charge is 0.265 e. The number of non-ortho nitro benzene ring substituents is 1. The molecule has 3 rings (SSSR count). The Balaban J connectivity index is 1.93. The molecule has 0 fully saturated rings. The van der Waals surface area contributed by atoms with Crippen LogP contribution in [0.2, 0.25) is 5.02 Å². The molecule has 0 bridgehead atoms. The zero-order valence-electron chi connectivity index (χ0n) is 14.6. The Kier molecular flexibility index (Phi) is 5.91. The Bertz CT molecular complexity index is 1060. The van der Waals surface area contributed by atoms with Crippen LogP contribution >= 0.6 is 11.6 Å². The molecule has 7 nitrogen and oxygen atoms in total. The normalized spacial score (nSPS) is 11.2. The van der Waals surface area contributed by atoms with Gasteiger partial charge in [0.2, 0.25) is 10.0 Å². The van der Waals surface area contributed by atoms with Crippen LogP contribution in [0.5, 0.6) is 0 Å². The molecule has 0 saturated heterocycles. The van der Waals surface area contributed by atoms with Gasteiger partial charge in [0.05, 0.1) is 22.9 Å². The highest BCUT2D eigenvalue weighted by Crippen LogP contribution is 2.25. The number of anilines is 1. The first-order valence-electron chi connectivity index (χ1n) is 8.23. The highest BCUT2D eigenvalue weighted by Gasteiger charge is 2.24. The van der Waals surface area contributed by atoms with Crippen LogP contribution in [-0.4, -0.2) is 18.3 Å². The summed E-state index contributed by atoms with van der Waals surface area (Å²) >= 11 is 5.93. The number of benzene rings is 2. The summed E-state index contributed by atoms with van der Waals surface area (Å²) in [4.78, 5) is 14.3. The molecule has 9 heteroatoms. The topological polar surface area (TPSA) is 93.4 Å². The van der Waals surface area contributed by atoms with Crippen molar-refractivity contribution in [3.05, 3.63) is 99.3 Å². The van der Waals surface area contributed by atoms with Crippen molar-refractivity contribution in [3.63, 3.8) is 0 Å². The third kappa shape index (κ3) is 4.85. The van der Waals surface area contributed by atoms with E-state index in [4.69, 9.17) is 11.6 Å². The second-order valence-corrected chi connectivity index (χ2v) is 8.35. The van der Waals surface area contributed by atoms with Gasteiger partial charge in [-0.3, -0.25) is 19.4 Å². The van der Waals surface area contributed by atoms with Crippen LogP contribution < -0.4 is 4.31 Å². The molecule has 1 heterocycles. The number of halogens is 1. The lowest BCUT2D eigenvalue weighted by atomic mass is 10.2. The Hall–Kier alpha value is -2.97. The molecule has 144 valence electrons. The average Bonchev–Trinajstić information content (AvgIpc) is 2.68. The molecule has 0 spiro atoms. The lowest BCUT2D eigenvalue weighted by Crippen LogP contribution is -2.31. The minimum absolute atomic E-state index is 0.0916. The van der Waals surface area contributed by atoms with E-state index in [0.717, 1.165) is 5.56 Å². The number of nitrogens with zero attached hydrogens (tertiary/aromatic N) is 3. The van der Waals surface area contributed by atoms with Crippen LogP contribution in [0, 0.1) is 10.1 Å². The maximum absolute atomic E-state index is 13.1. The van der Waals surface area contributed by atoms with E-state index in [1.165, 1.54) is 28.6 Å². The van der Waals surface area contributed by atoms with Crippen LogP contribution in [0.25, 0.3) is 0 Å². The van der Waals surface area contributed by atoms with Crippen LogP contribution in [0.4, 0.5) is 11.4 Å². The van der Waals surface area contributed by atoms with Crippen molar-refractivity contribution in [1.82, 2.24) is 4.98 Å². The van der Waals surface area contributed by atoms with E-state index in [1.807, 2.05) is 0 Å². The van der Waals surface area contributed by atoms with Crippen molar-refractivity contribution in [2.45, 2.75) is 12.3 Å². The van der Waals surface area contributed by atoms with Crippen LogP contribution in [0.1, 0.15) is 11.1 Å². The molecule has 2 aromatic carbocycles. The first-order valence-corrected chi connectivity index (χ1v) is 10.2. The molecule has 0 aliphatic carbocycles. The Morgan fingerprint density at radius 1 is 1.00 bits per heavy atom. The number of hydrogen-bond acceptors (Lipinski definition) is 5. The predicted octanol–water partition coefficient (Wildman–Crippen LogP) is 4.18. The van der Waals surface area contributed by atoms with Crippen molar-refractivity contribution in [2.75, 3.05) is 4.31 Å². The van der Waals surface area contributed by atoms with Gasteiger partial charge in [-0.1, -0.05) is 29.8 Å². The van der Waals surface area contributed by atoms with Crippen LogP contribution in [0.3, 0.4) is 0 Å². The predicted molar refractivity (Wildman–Crippen MR) is 108 cm³/mol. The Morgan fingerprint density at radius 3 is 2.25 bits per heavy atom. The number of rotatable bonds is 7. The molecule has 28 heavy (non-hydrogen) atoms. The second kappa shape index (κ2) is 8.37.